The van der Waals surface area contributed by atoms with E-state index in [1.165, 1.54) is 6.42 Å². The Morgan fingerprint density at radius 1 is 1.54 bits per heavy atom. The standard InChI is InChI=1S/C10H19NO2/c1-8(2)6-7-13-10(12)11-9-4-3-5-9/h8-9H,3-7H2,1-2H3,(H,11,12). The Hall–Kier alpha value is -0.730. The van der Waals surface area contributed by atoms with Crippen LogP contribution in [0.2, 0.25) is 0 Å². The van der Waals surface area contributed by atoms with Gasteiger partial charge in [-0.25, -0.2) is 4.79 Å². The summed E-state index contributed by atoms with van der Waals surface area (Å²) in [4.78, 5) is 11.1. The number of carbonyl (C=O) groups is 1. The number of nitrogens with one attached hydrogen (secondary N) is 1. The van der Waals surface area contributed by atoms with Crippen molar-refractivity contribution in [3.05, 3.63) is 0 Å². The van der Waals surface area contributed by atoms with E-state index in [-0.39, 0.29) is 6.09 Å². The minimum atomic E-state index is -0.245. The molecule has 0 bridgehead atoms. The summed E-state index contributed by atoms with van der Waals surface area (Å²) in [6.45, 7) is 4.77. The maximum absolute atomic E-state index is 11.1. The van der Waals surface area contributed by atoms with E-state index >= 15 is 0 Å². The second-order valence-corrected chi connectivity index (χ2v) is 4.09. The first-order chi connectivity index (χ1) is 6.18. The van der Waals surface area contributed by atoms with Crippen molar-refractivity contribution < 1.29 is 9.53 Å². The highest BCUT2D eigenvalue weighted by atomic mass is 16.5. The first-order valence-corrected chi connectivity index (χ1v) is 5.12. The van der Waals surface area contributed by atoms with E-state index in [4.69, 9.17) is 4.74 Å². The van der Waals surface area contributed by atoms with Gasteiger partial charge in [0, 0.05) is 6.04 Å². The van der Waals surface area contributed by atoms with Crippen LogP contribution in [0.5, 0.6) is 0 Å². The SMILES string of the molecule is CC(C)CCOC(=O)NC1CCC1. The van der Waals surface area contributed by atoms with Crippen LogP contribution < -0.4 is 5.32 Å². The minimum Gasteiger partial charge on any atom is -0.450 e. The van der Waals surface area contributed by atoms with E-state index in [2.05, 4.69) is 19.2 Å². The van der Waals surface area contributed by atoms with Gasteiger partial charge in [0.15, 0.2) is 0 Å². The second kappa shape index (κ2) is 5.10. The van der Waals surface area contributed by atoms with E-state index in [1.54, 1.807) is 0 Å². The predicted molar refractivity (Wildman–Crippen MR) is 51.6 cm³/mol. The van der Waals surface area contributed by atoms with Gasteiger partial charge in [-0.05, 0) is 31.6 Å². The number of hydrogen-bond acceptors (Lipinski definition) is 2. The van der Waals surface area contributed by atoms with Crippen LogP contribution in [0, 0.1) is 5.92 Å². The first kappa shape index (κ1) is 10.4. The highest BCUT2D eigenvalue weighted by Crippen LogP contribution is 2.17. The highest BCUT2D eigenvalue weighted by molar-refractivity contribution is 5.67. The summed E-state index contributed by atoms with van der Waals surface area (Å²) in [6.07, 6.45) is 4.15. The van der Waals surface area contributed by atoms with Crippen LogP contribution in [-0.2, 0) is 4.74 Å². The van der Waals surface area contributed by atoms with Crippen molar-refractivity contribution in [2.45, 2.75) is 45.6 Å². The Morgan fingerprint density at radius 3 is 2.69 bits per heavy atom. The van der Waals surface area contributed by atoms with Crippen molar-refractivity contribution >= 4 is 6.09 Å². The number of hydrogen-bond donors (Lipinski definition) is 1. The Balaban J connectivity index is 1.97. The van der Waals surface area contributed by atoms with Gasteiger partial charge in [0.2, 0.25) is 0 Å². The molecule has 3 nitrogen and oxygen atoms in total. The number of ether oxygens (including phenoxy) is 1. The van der Waals surface area contributed by atoms with E-state index < -0.39 is 0 Å². The van der Waals surface area contributed by atoms with Crippen molar-refractivity contribution in [2.24, 2.45) is 5.92 Å². The molecular formula is C10H19NO2. The molecule has 13 heavy (non-hydrogen) atoms. The summed E-state index contributed by atoms with van der Waals surface area (Å²) in [5.74, 6) is 0.594. The van der Waals surface area contributed by atoms with Crippen LogP contribution in [0.4, 0.5) is 4.79 Å². The summed E-state index contributed by atoms with van der Waals surface area (Å²) in [6, 6.07) is 0.381. The number of alkyl carbamates (subject to hydrolysis) is 1. The molecule has 0 radical (unpaired) electrons. The maximum atomic E-state index is 11.1. The van der Waals surface area contributed by atoms with E-state index in [0.717, 1.165) is 19.3 Å². The molecule has 0 heterocycles. The Morgan fingerprint density at radius 2 is 2.23 bits per heavy atom. The molecule has 0 aromatic carbocycles. The van der Waals surface area contributed by atoms with Gasteiger partial charge >= 0.3 is 6.09 Å². The lowest BCUT2D eigenvalue weighted by molar-refractivity contribution is 0.131. The number of rotatable bonds is 4. The highest BCUT2D eigenvalue weighted by Gasteiger charge is 2.19. The van der Waals surface area contributed by atoms with E-state index in [1.807, 2.05) is 0 Å². The van der Waals surface area contributed by atoms with Crippen molar-refractivity contribution in [3.63, 3.8) is 0 Å². The molecule has 1 fully saturated rings. The van der Waals surface area contributed by atoms with Crippen molar-refractivity contribution in [2.75, 3.05) is 6.61 Å². The molecule has 0 aromatic rings. The molecule has 0 aromatic heterocycles. The third kappa shape index (κ3) is 4.15. The zero-order valence-electron chi connectivity index (χ0n) is 8.51. The quantitative estimate of drug-likeness (QED) is 0.730. The summed E-state index contributed by atoms with van der Waals surface area (Å²) in [5.41, 5.74) is 0. The van der Waals surface area contributed by atoms with Crippen LogP contribution in [0.1, 0.15) is 39.5 Å². The van der Waals surface area contributed by atoms with Gasteiger partial charge in [0.05, 0.1) is 6.61 Å². The smallest absolute Gasteiger partial charge is 0.407 e. The van der Waals surface area contributed by atoms with Crippen LogP contribution in [-0.4, -0.2) is 18.7 Å². The molecule has 0 saturated heterocycles. The lowest BCUT2D eigenvalue weighted by Crippen LogP contribution is -2.39. The molecule has 1 aliphatic rings. The molecule has 0 atom stereocenters. The molecule has 1 saturated carbocycles. The van der Waals surface area contributed by atoms with Crippen molar-refractivity contribution in [1.82, 2.24) is 5.32 Å². The fourth-order valence-electron chi connectivity index (χ4n) is 1.15. The van der Waals surface area contributed by atoms with Gasteiger partial charge < -0.3 is 10.1 Å². The molecule has 76 valence electrons. The Kier molecular flexibility index (Phi) is 4.06. The topological polar surface area (TPSA) is 38.3 Å². The lowest BCUT2D eigenvalue weighted by Gasteiger charge is -2.25. The Bertz CT molecular complexity index is 164. The fraction of sp³-hybridized carbons (Fsp3) is 0.900. The van der Waals surface area contributed by atoms with Gasteiger partial charge in [0.25, 0.3) is 0 Å². The van der Waals surface area contributed by atoms with Crippen LogP contribution >= 0.6 is 0 Å². The Labute approximate surface area is 79.8 Å². The van der Waals surface area contributed by atoms with E-state index in [9.17, 15) is 4.79 Å². The predicted octanol–water partition coefficient (Wildman–Crippen LogP) is 2.31. The maximum Gasteiger partial charge on any atom is 0.407 e. The number of carbonyl (C=O) groups excluding carboxylic acids is 1. The monoisotopic (exact) mass is 185 g/mol. The lowest BCUT2D eigenvalue weighted by atomic mass is 9.93. The normalized spacial score (nSPS) is 16.8. The van der Waals surface area contributed by atoms with Crippen LogP contribution in [0.25, 0.3) is 0 Å². The zero-order valence-corrected chi connectivity index (χ0v) is 8.51. The molecule has 0 unspecified atom stereocenters. The van der Waals surface area contributed by atoms with Gasteiger partial charge in [0.1, 0.15) is 0 Å². The zero-order chi connectivity index (χ0) is 9.68. The van der Waals surface area contributed by atoms with Crippen molar-refractivity contribution in [3.8, 4) is 0 Å². The molecule has 1 aliphatic carbocycles. The molecule has 0 aliphatic heterocycles. The van der Waals surface area contributed by atoms with Gasteiger partial charge in [-0.3, -0.25) is 0 Å². The first-order valence-electron chi connectivity index (χ1n) is 5.12. The second-order valence-electron chi connectivity index (χ2n) is 4.09. The molecule has 0 spiro atoms. The average Bonchev–Trinajstić information content (AvgIpc) is 1.96. The van der Waals surface area contributed by atoms with Crippen LogP contribution in [0.15, 0.2) is 0 Å². The summed E-state index contributed by atoms with van der Waals surface area (Å²) in [5, 5.41) is 2.83. The van der Waals surface area contributed by atoms with E-state index in [0.29, 0.717) is 18.6 Å². The largest absolute Gasteiger partial charge is 0.450 e. The van der Waals surface area contributed by atoms with Gasteiger partial charge in [-0.1, -0.05) is 13.8 Å². The third-order valence-electron chi connectivity index (χ3n) is 2.36. The number of amides is 1. The molecular weight excluding hydrogens is 166 g/mol. The average molecular weight is 185 g/mol. The fourth-order valence-corrected chi connectivity index (χ4v) is 1.15. The molecule has 1 amide bonds. The summed E-state index contributed by atoms with van der Waals surface area (Å²) >= 11 is 0. The molecule has 1 rings (SSSR count). The van der Waals surface area contributed by atoms with Gasteiger partial charge in [-0.2, -0.15) is 0 Å². The van der Waals surface area contributed by atoms with Crippen molar-refractivity contribution in [1.29, 1.82) is 0 Å². The summed E-state index contributed by atoms with van der Waals surface area (Å²) < 4.78 is 5.01. The molecule has 1 N–H and O–H groups in total. The van der Waals surface area contributed by atoms with Gasteiger partial charge in [-0.15, -0.1) is 0 Å². The summed E-state index contributed by atoms with van der Waals surface area (Å²) in [7, 11) is 0. The minimum absolute atomic E-state index is 0.245. The van der Waals surface area contributed by atoms with Crippen LogP contribution in [0.3, 0.4) is 0 Å². The molecule has 3 heteroatoms. The third-order valence-corrected chi connectivity index (χ3v) is 2.36.